The van der Waals surface area contributed by atoms with Gasteiger partial charge in [0.25, 0.3) is 0 Å². The van der Waals surface area contributed by atoms with Gasteiger partial charge >= 0.3 is 5.97 Å². The van der Waals surface area contributed by atoms with Gasteiger partial charge < -0.3 is 25.3 Å². The molecule has 9 heteroatoms. The molecule has 1 heterocycles. The Labute approximate surface area is 179 Å². The van der Waals surface area contributed by atoms with E-state index >= 15 is 0 Å². The van der Waals surface area contributed by atoms with Crippen molar-refractivity contribution in [2.24, 2.45) is 0 Å². The lowest BCUT2D eigenvalue weighted by molar-refractivity contribution is -0.139. The number of aryl methyl sites for hydroxylation is 1. The number of methoxy groups -OCH3 is 2. The first-order valence-corrected chi connectivity index (χ1v) is 9.38. The molecule has 0 spiro atoms. The number of nitrogens with two attached hydrogens (primary N) is 1. The first-order chi connectivity index (χ1) is 15.0. The smallest absolute Gasteiger partial charge is 0.331 e. The molecular formula is C22H23N5O4. The molecule has 3 N–H and O–H groups in total. The van der Waals surface area contributed by atoms with Crippen LogP contribution in [0.5, 0.6) is 11.5 Å². The van der Waals surface area contributed by atoms with Crippen molar-refractivity contribution in [2.45, 2.75) is 13.5 Å². The molecule has 0 amide bonds. The van der Waals surface area contributed by atoms with Crippen molar-refractivity contribution < 1.29 is 19.0 Å². The Bertz CT molecular complexity index is 1080. The Kier molecular flexibility index (Phi) is 7.00. The third kappa shape index (κ3) is 6.17. The third-order valence-electron chi connectivity index (χ3n) is 4.19. The minimum Gasteiger partial charge on any atom is -0.497 e. The SMILES string of the molecule is COc1ccc(/C=C/C(=O)OCc2nc(N)nc(Nc3ccc(C)cc3)n2)c(OC)c1. The molecule has 0 aliphatic heterocycles. The van der Waals surface area contributed by atoms with E-state index in [1.807, 2.05) is 31.2 Å². The van der Waals surface area contributed by atoms with E-state index in [0.717, 1.165) is 11.3 Å². The summed E-state index contributed by atoms with van der Waals surface area (Å²) in [4.78, 5) is 24.4. The van der Waals surface area contributed by atoms with Gasteiger partial charge in [-0.1, -0.05) is 17.7 Å². The number of ether oxygens (including phenoxy) is 3. The van der Waals surface area contributed by atoms with Crippen LogP contribution in [0.15, 0.2) is 48.5 Å². The zero-order chi connectivity index (χ0) is 22.2. The predicted octanol–water partition coefficient (Wildman–Crippen LogP) is 3.28. The second kappa shape index (κ2) is 10.1. The number of carbonyl (C=O) groups is 1. The highest BCUT2D eigenvalue weighted by atomic mass is 16.5. The molecule has 1 aromatic heterocycles. The summed E-state index contributed by atoms with van der Waals surface area (Å²) in [7, 11) is 3.11. The maximum Gasteiger partial charge on any atom is 0.331 e. The summed E-state index contributed by atoms with van der Waals surface area (Å²) in [5.74, 6) is 1.17. The Morgan fingerprint density at radius 1 is 1.06 bits per heavy atom. The molecule has 0 atom stereocenters. The largest absolute Gasteiger partial charge is 0.497 e. The summed E-state index contributed by atoms with van der Waals surface area (Å²) in [6.07, 6.45) is 2.88. The lowest BCUT2D eigenvalue weighted by atomic mass is 10.2. The van der Waals surface area contributed by atoms with E-state index in [-0.39, 0.29) is 24.3 Å². The van der Waals surface area contributed by atoms with Gasteiger partial charge in [-0.05, 0) is 37.3 Å². The lowest BCUT2D eigenvalue weighted by Crippen LogP contribution is -2.10. The maximum absolute atomic E-state index is 12.1. The number of nitrogens with one attached hydrogen (secondary N) is 1. The van der Waals surface area contributed by atoms with Gasteiger partial charge in [-0.15, -0.1) is 0 Å². The molecule has 2 aromatic carbocycles. The third-order valence-corrected chi connectivity index (χ3v) is 4.19. The number of anilines is 3. The number of hydrogen-bond donors (Lipinski definition) is 2. The van der Waals surface area contributed by atoms with E-state index in [0.29, 0.717) is 17.1 Å². The van der Waals surface area contributed by atoms with Crippen molar-refractivity contribution in [3.8, 4) is 11.5 Å². The molecule has 9 nitrogen and oxygen atoms in total. The van der Waals surface area contributed by atoms with Crippen molar-refractivity contribution in [3.63, 3.8) is 0 Å². The van der Waals surface area contributed by atoms with Crippen LogP contribution >= 0.6 is 0 Å². The summed E-state index contributed by atoms with van der Waals surface area (Å²) >= 11 is 0. The number of benzene rings is 2. The van der Waals surface area contributed by atoms with Crippen LogP contribution in [0.4, 0.5) is 17.6 Å². The molecule has 0 unspecified atom stereocenters. The number of hydrogen-bond acceptors (Lipinski definition) is 9. The monoisotopic (exact) mass is 421 g/mol. The highest BCUT2D eigenvalue weighted by Gasteiger charge is 2.08. The van der Waals surface area contributed by atoms with Gasteiger partial charge in [-0.3, -0.25) is 0 Å². The summed E-state index contributed by atoms with van der Waals surface area (Å²) in [5.41, 5.74) is 8.39. The Hall–Kier alpha value is -4.14. The van der Waals surface area contributed by atoms with E-state index in [9.17, 15) is 4.79 Å². The van der Waals surface area contributed by atoms with Crippen LogP contribution in [0.2, 0.25) is 0 Å². The van der Waals surface area contributed by atoms with Gasteiger partial charge in [0.1, 0.15) is 11.5 Å². The van der Waals surface area contributed by atoms with Gasteiger partial charge in [0.15, 0.2) is 12.4 Å². The van der Waals surface area contributed by atoms with E-state index in [4.69, 9.17) is 19.9 Å². The topological polar surface area (TPSA) is 121 Å². The number of nitrogens with zero attached hydrogens (tertiary/aromatic N) is 3. The molecule has 0 bridgehead atoms. The van der Waals surface area contributed by atoms with Crippen LogP contribution in [0.3, 0.4) is 0 Å². The van der Waals surface area contributed by atoms with Crippen molar-refractivity contribution >= 4 is 29.6 Å². The number of rotatable bonds is 8. The molecule has 0 saturated heterocycles. The van der Waals surface area contributed by atoms with Crippen LogP contribution < -0.4 is 20.5 Å². The van der Waals surface area contributed by atoms with Crippen LogP contribution in [0, 0.1) is 6.92 Å². The van der Waals surface area contributed by atoms with Crippen molar-refractivity contribution in [3.05, 3.63) is 65.5 Å². The van der Waals surface area contributed by atoms with Crippen molar-refractivity contribution in [1.29, 1.82) is 0 Å². The Morgan fingerprint density at radius 2 is 1.84 bits per heavy atom. The van der Waals surface area contributed by atoms with Gasteiger partial charge in [0.2, 0.25) is 11.9 Å². The fourth-order valence-electron chi connectivity index (χ4n) is 2.62. The second-order valence-electron chi connectivity index (χ2n) is 6.47. The maximum atomic E-state index is 12.1. The lowest BCUT2D eigenvalue weighted by Gasteiger charge is -2.08. The fraction of sp³-hybridized carbons (Fsp3) is 0.182. The van der Waals surface area contributed by atoms with Crippen LogP contribution in [0.25, 0.3) is 6.08 Å². The van der Waals surface area contributed by atoms with Crippen LogP contribution in [0.1, 0.15) is 17.0 Å². The molecular weight excluding hydrogens is 398 g/mol. The van der Waals surface area contributed by atoms with E-state index in [2.05, 4.69) is 20.3 Å². The molecule has 0 radical (unpaired) electrons. The van der Waals surface area contributed by atoms with Crippen molar-refractivity contribution in [1.82, 2.24) is 15.0 Å². The van der Waals surface area contributed by atoms with Crippen LogP contribution in [-0.2, 0) is 16.1 Å². The van der Waals surface area contributed by atoms with Gasteiger partial charge in [-0.25, -0.2) is 4.79 Å². The highest BCUT2D eigenvalue weighted by molar-refractivity contribution is 5.87. The fourth-order valence-corrected chi connectivity index (χ4v) is 2.62. The normalized spacial score (nSPS) is 10.7. The molecule has 31 heavy (non-hydrogen) atoms. The summed E-state index contributed by atoms with van der Waals surface area (Å²) in [5, 5.41) is 3.05. The van der Waals surface area contributed by atoms with Gasteiger partial charge in [0.05, 0.1) is 14.2 Å². The quantitative estimate of drug-likeness (QED) is 0.417. The number of aromatic nitrogens is 3. The minimum absolute atomic E-state index is 0.0224. The first kappa shape index (κ1) is 21.6. The summed E-state index contributed by atoms with van der Waals surface area (Å²) < 4.78 is 15.7. The van der Waals surface area contributed by atoms with Crippen LogP contribution in [-0.4, -0.2) is 35.1 Å². The number of esters is 1. The van der Waals surface area contributed by atoms with E-state index in [1.54, 1.807) is 31.4 Å². The van der Waals surface area contributed by atoms with Gasteiger partial charge in [-0.2, -0.15) is 15.0 Å². The van der Waals surface area contributed by atoms with E-state index < -0.39 is 5.97 Å². The molecule has 0 fully saturated rings. The number of carbonyl (C=O) groups excluding carboxylic acids is 1. The molecule has 160 valence electrons. The number of nitrogen functional groups attached to an aromatic ring is 1. The average molecular weight is 421 g/mol. The predicted molar refractivity (Wildman–Crippen MR) is 117 cm³/mol. The Morgan fingerprint density at radius 3 is 2.55 bits per heavy atom. The van der Waals surface area contributed by atoms with Gasteiger partial charge in [0, 0.05) is 23.4 Å². The molecule has 0 aliphatic carbocycles. The zero-order valence-corrected chi connectivity index (χ0v) is 17.5. The zero-order valence-electron chi connectivity index (χ0n) is 17.5. The molecule has 0 saturated carbocycles. The molecule has 0 aliphatic rings. The van der Waals surface area contributed by atoms with E-state index in [1.165, 1.54) is 13.2 Å². The first-order valence-electron chi connectivity index (χ1n) is 9.38. The summed E-state index contributed by atoms with van der Waals surface area (Å²) in [6, 6.07) is 13.0. The van der Waals surface area contributed by atoms with Crippen molar-refractivity contribution in [2.75, 3.05) is 25.3 Å². The summed E-state index contributed by atoms with van der Waals surface area (Å²) in [6.45, 7) is 1.84. The molecule has 3 rings (SSSR count). The Balaban J connectivity index is 1.63. The minimum atomic E-state index is -0.565. The highest BCUT2D eigenvalue weighted by Crippen LogP contribution is 2.25. The average Bonchev–Trinajstić information content (AvgIpc) is 2.77. The standard InChI is InChI=1S/C22H23N5O4/c1-14-4-8-16(9-5-14)24-22-26-19(25-21(23)27-22)13-31-20(28)11-7-15-6-10-17(29-2)12-18(15)30-3/h4-12H,13H2,1-3H3,(H3,23,24,25,26,27)/b11-7+. The second-order valence-corrected chi connectivity index (χ2v) is 6.47. The molecule has 3 aromatic rings.